The summed E-state index contributed by atoms with van der Waals surface area (Å²) in [5, 5.41) is 6.01. The van der Waals surface area contributed by atoms with Gasteiger partial charge in [0.2, 0.25) is 5.91 Å². The Hall–Kier alpha value is -2.33. The van der Waals surface area contributed by atoms with Crippen molar-refractivity contribution in [3.63, 3.8) is 0 Å². The fraction of sp³-hybridized carbons (Fsp3) is 0.278. The molecule has 2 rings (SSSR count). The second-order valence-corrected chi connectivity index (χ2v) is 5.07. The topological polar surface area (TPSA) is 50.4 Å². The van der Waals surface area contributed by atoms with E-state index in [0.29, 0.717) is 24.6 Å². The number of carbonyl (C=O) groups excluding carboxylic acids is 1. The SMILES string of the molecule is CCOc1ccccc1NC(=O)CNCc1cccc(C)c1. The number of amides is 1. The van der Waals surface area contributed by atoms with Crippen LogP contribution in [0.2, 0.25) is 0 Å². The van der Waals surface area contributed by atoms with Gasteiger partial charge in [0.25, 0.3) is 0 Å². The molecule has 0 aliphatic heterocycles. The van der Waals surface area contributed by atoms with Crippen LogP contribution in [0, 0.1) is 6.92 Å². The van der Waals surface area contributed by atoms with Crippen LogP contribution in [0.3, 0.4) is 0 Å². The molecular weight excluding hydrogens is 276 g/mol. The average molecular weight is 298 g/mol. The van der Waals surface area contributed by atoms with E-state index >= 15 is 0 Å². The molecule has 0 unspecified atom stereocenters. The molecule has 1 amide bonds. The summed E-state index contributed by atoms with van der Waals surface area (Å²) < 4.78 is 5.49. The van der Waals surface area contributed by atoms with Crippen molar-refractivity contribution in [2.75, 3.05) is 18.5 Å². The van der Waals surface area contributed by atoms with Crippen molar-refractivity contribution in [2.24, 2.45) is 0 Å². The molecular formula is C18H22N2O2. The molecule has 2 N–H and O–H groups in total. The van der Waals surface area contributed by atoms with Crippen molar-refractivity contribution in [2.45, 2.75) is 20.4 Å². The zero-order valence-electron chi connectivity index (χ0n) is 13.1. The lowest BCUT2D eigenvalue weighted by molar-refractivity contribution is -0.115. The van der Waals surface area contributed by atoms with Gasteiger partial charge < -0.3 is 15.4 Å². The third kappa shape index (κ3) is 4.90. The minimum Gasteiger partial charge on any atom is -0.492 e. The van der Waals surface area contributed by atoms with Crippen LogP contribution in [0.4, 0.5) is 5.69 Å². The van der Waals surface area contributed by atoms with E-state index in [0.717, 1.165) is 0 Å². The number of hydrogen-bond donors (Lipinski definition) is 2. The number of hydrogen-bond acceptors (Lipinski definition) is 3. The normalized spacial score (nSPS) is 10.3. The molecule has 0 aliphatic rings. The van der Waals surface area contributed by atoms with Crippen LogP contribution < -0.4 is 15.4 Å². The van der Waals surface area contributed by atoms with Crippen LogP contribution in [-0.4, -0.2) is 19.1 Å². The van der Waals surface area contributed by atoms with Crippen molar-refractivity contribution in [1.29, 1.82) is 0 Å². The maximum absolute atomic E-state index is 12.0. The third-order valence-electron chi connectivity index (χ3n) is 3.16. The van der Waals surface area contributed by atoms with Crippen molar-refractivity contribution >= 4 is 11.6 Å². The number of para-hydroxylation sites is 2. The van der Waals surface area contributed by atoms with Gasteiger partial charge in [0.15, 0.2) is 0 Å². The first kappa shape index (κ1) is 16.0. The van der Waals surface area contributed by atoms with Crippen molar-refractivity contribution in [3.8, 4) is 5.75 Å². The second-order valence-electron chi connectivity index (χ2n) is 5.07. The minimum absolute atomic E-state index is 0.0835. The molecule has 116 valence electrons. The highest BCUT2D eigenvalue weighted by Crippen LogP contribution is 2.23. The van der Waals surface area contributed by atoms with Gasteiger partial charge in [0.1, 0.15) is 5.75 Å². The number of aryl methyl sites for hydroxylation is 1. The highest BCUT2D eigenvalue weighted by Gasteiger charge is 2.06. The summed E-state index contributed by atoms with van der Waals surface area (Å²) in [5.74, 6) is 0.608. The largest absolute Gasteiger partial charge is 0.492 e. The lowest BCUT2D eigenvalue weighted by Gasteiger charge is -2.11. The van der Waals surface area contributed by atoms with Gasteiger partial charge in [-0.2, -0.15) is 0 Å². The van der Waals surface area contributed by atoms with E-state index in [1.165, 1.54) is 11.1 Å². The van der Waals surface area contributed by atoms with E-state index in [-0.39, 0.29) is 12.5 Å². The molecule has 22 heavy (non-hydrogen) atoms. The third-order valence-corrected chi connectivity index (χ3v) is 3.16. The Bertz CT molecular complexity index is 626. The van der Waals surface area contributed by atoms with Crippen LogP contribution in [-0.2, 0) is 11.3 Å². The summed E-state index contributed by atoms with van der Waals surface area (Å²) in [6.45, 7) is 5.47. The maximum Gasteiger partial charge on any atom is 0.238 e. The summed E-state index contributed by atoms with van der Waals surface area (Å²) in [5.41, 5.74) is 3.09. The smallest absolute Gasteiger partial charge is 0.238 e. The number of benzene rings is 2. The molecule has 0 bridgehead atoms. The Kier molecular flexibility index (Phi) is 5.98. The molecule has 0 atom stereocenters. The van der Waals surface area contributed by atoms with Crippen LogP contribution in [0.15, 0.2) is 48.5 Å². The highest BCUT2D eigenvalue weighted by molar-refractivity contribution is 5.93. The number of rotatable bonds is 7. The van der Waals surface area contributed by atoms with Crippen LogP contribution >= 0.6 is 0 Å². The molecule has 0 saturated carbocycles. The fourth-order valence-electron chi connectivity index (χ4n) is 2.19. The highest BCUT2D eigenvalue weighted by atomic mass is 16.5. The number of nitrogens with one attached hydrogen (secondary N) is 2. The molecule has 0 radical (unpaired) electrons. The Morgan fingerprint density at radius 3 is 2.73 bits per heavy atom. The maximum atomic E-state index is 12.0. The summed E-state index contributed by atoms with van der Waals surface area (Å²) in [7, 11) is 0. The minimum atomic E-state index is -0.0835. The Morgan fingerprint density at radius 1 is 1.14 bits per heavy atom. The average Bonchev–Trinajstić information content (AvgIpc) is 2.49. The predicted octanol–water partition coefficient (Wildman–Crippen LogP) is 3.12. The first-order chi connectivity index (χ1) is 10.7. The van der Waals surface area contributed by atoms with E-state index in [1.54, 1.807) is 0 Å². The summed E-state index contributed by atoms with van der Waals surface area (Å²) >= 11 is 0. The zero-order valence-corrected chi connectivity index (χ0v) is 13.1. The molecule has 0 heterocycles. The molecule has 2 aromatic carbocycles. The number of carbonyl (C=O) groups is 1. The van der Waals surface area contributed by atoms with Gasteiger partial charge in [-0.05, 0) is 31.5 Å². The van der Waals surface area contributed by atoms with E-state index in [1.807, 2.05) is 43.3 Å². The fourth-order valence-corrected chi connectivity index (χ4v) is 2.19. The Balaban J connectivity index is 1.83. The quantitative estimate of drug-likeness (QED) is 0.825. The van der Waals surface area contributed by atoms with Gasteiger partial charge >= 0.3 is 0 Å². The van der Waals surface area contributed by atoms with Crippen molar-refractivity contribution in [3.05, 3.63) is 59.7 Å². The molecule has 0 fully saturated rings. The lowest BCUT2D eigenvalue weighted by atomic mass is 10.1. The standard InChI is InChI=1S/C18H22N2O2/c1-3-22-17-10-5-4-9-16(17)20-18(21)13-19-12-15-8-6-7-14(2)11-15/h4-11,19H,3,12-13H2,1-2H3,(H,20,21). The zero-order chi connectivity index (χ0) is 15.8. The Labute approximate surface area is 131 Å². The molecule has 4 heteroatoms. The van der Waals surface area contributed by atoms with Gasteiger partial charge in [-0.3, -0.25) is 4.79 Å². The molecule has 4 nitrogen and oxygen atoms in total. The first-order valence-electron chi connectivity index (χ1n) is 7.47. The Morgan fingerprint density at radius 2 is 1.95 bits per heavy atom. The van der Waals surface area contributed by atoms with Gasteiger partial charge in [-0.15, -0.1) is 0 Å². The van der Waals surface area contributed by atoms with Crippen LogP contribution in [0.1, 0.15) is 18.1 Å². The van der Waals surface area contributed by atoms with Crippen molar-refractivity contribution < 1.29 is 9.53 Å². The molecule has 0 spiro atoms. The van der Waals surface area contributed by atoms with E-state index in [9.17, 15) is 4.79 Å². The van der Waals surface area contributed by atoms with Crippen LogP contribution in [0.25, 0.3) is 0 Å². The first-order valence-corrected chi connectivity index (χ1v) is 7.47. The van der Waals surface area contributed by atoms with Crippen molar-refractivity contribution in [1.82, 2.24) is 5.32 Å². The van der Waals surface area contributed by atoms with Crippen LogP contribution in [0.5, 0.6) is 5.75 Å². The van der Waals surface area contributed by atoms with E-state index in [4.69, 9.17) is 4.74 Å². The second kappa shape index (κ2) is 8.20. The van der Waals surface area contributed by atoms with Gasteiger partial charge in [-0.25, -0.2) is 0 Å². The van der Waals surface area contributed by atoms with E-state index < -0.39 is 0 Å². The molecule has 0 aromatic heterocycles. The number of ether oxygens (including phenoxy) is 1. The van der Waals surface area contributed by atoms with Gasteiger partial charge in [0, 0.05) is 6.54 Å². The summed E-state index contributed by atoms with van der Waals surface area (Å²) in [4.78, 5) is 12.0. The molecule has 0 aliphatic carbocycles. The summed E-state index contributed by atoms with van der Waals surface area (Å²) in [6, 6.07) is 15.7. The molecule has 2 aromatic rings. The molecule has 0 saturated heterocycles. The summed E-state index contributed by atoms with van der Waals surface area (Å²) in [6.07, 6.45) is 0. The van der Waals surface area contributed by atoms with E-state index in [2.05, 4.69) is 29.7 Å². The monoisotopic (exact) mass is 298 g/mol. The predicted molar refractivity (Wildman–Crippen MR) is 89.1 cm³/mol. The van der Waals surface area contributed by atoms with Gasteiger partial charge in [0.05, 0.1) is 18.8 Å². The van der Waals surface area contributed by atoms with Gasteiger partial charge in [-0.1, -0.05) is 42.0 Å². The lowest BCUT2D eigenvalue weighted by Crippen LogP contribution is -2.27. The number of anilines is 1.